The van der Waals surface area contributed by atoms with E-state index in [1.807, 2.05) is 0 Å². The van der Waals surface area contributed by atoms with Gasteiger partial charge in [-0.3, -0.25) is 4.55 Å². The fourth-order valence-electron chi connectivity index (χ4n) is 3.88. The molecule has 2 fully saturated rings. The van der Waals surface area contributed by atoms with Crippen molar-refractivity contribution in [3.63, 3.8) is 0 Å². The first-order valence-electron chi connectivity index (χ1n) is 8.85. The first-order chi connectivity index (χ1) is 13.6. The number of halogens is 6. The van der Waals surface area contributed by atoms with E-state index < -0.39 is 64.2 Å². The summed E-state index contributed by atoms with van der Waals surface area (Å²) in [4.78, 5) is 11.8. The third kappa shape index (κ3) is 4.18. The first-order valence-corrected chi connectivity index (χ1v) is 10.3. The van der Waals surface area contributed by atoms with Gasteiger partial charge >= 0.3 is 33.2 Å². The van der Waals surface area contributed by atoms with Crippen molar-refractivity contribution in [1.82, 2.24) is 0 Å². The second-order valence-electron chi connectivity index (χ2n) is 7.69. The van der Waals surface area contributed by atoms with Crippen molar-refractivity contribution in [1.29, 1.82) is 0 Å². The van der Waals surface area contributed by atoms with E-state index in [2.05, 4.69) is 0 Å². The average molecular weight is 468 g/mol. The number of alkyl halides is 6. The number of ether oxygens (including phenoxy) is 3. The lowest BCUT2D eigenvalue weighted by Crippen LogP contribution is -2.49. The van der Waals surface area contributed by atoms with Crippen molar-refractivity contribution >= 4 is 16.1 Å². The number of esters is 1. The van der Waals surface area contributed by atoms with Gasteiger partial charge in [-0.15, -0.1) is 0 Å². The van der Waals surface area contributed by atoms with Gasteiger partial charge in [0.15, 0.2) is 6.29 Å². The van der Waals surface area contributed by atoms with Gasteiger partial charge in [0.1, 0.15) is 18.8 Å². The van der Waals surface area contributed by atoms with E-state index in [0.717, 1.165) is 0 Å². The van der Waals surface area contributed by atoms with E-state index in [-0.39, 0.29) is 19.3 Å². The summed E-state index contributed by atoms with van der Waals surface area (Å²) in [5.41, 5.74) is -1.09. The van der Waals surface area contributed by atoms with Crippen LogP contribution in [0.2, 0.25) is 0 Å². The maximum atomic E-state index is 13.6. The normalized spacial score (nSPS) is 32.1. The van der Waals surface area contributed by atoms with E-state index in [1.54, 1.807) is 0 Å². The van der Waals surface area contributed by atoms with Gasteiger partial charge in [0, 0.05) is 12.3 Å². The number of hydrogen-bond donors (Lipinski definition) is 1. The van der Waals surface area contributed by atoms with Gasteiger partial charge in [-0.2, -0.15) is 34.8 Å². The molecule has 2 aliphatic carbocycles. The van der Waals surface area contributed by atoms with E-state index in [0.29, 0.717) is 18.4 Å². The Kier molecular flexibility index (Phi) is 5.70. The number of carbonyl (C=O) groups is 1. The SMILES string of the molecule is O=C(OC12CCCC(=CC(C3OCC(F)(F)C(F)(F)CO3)C1)C2)C(F)(F)S(=O)(=O)O. The Bertz CT molecular complexity index is 825. The van der Waals surface area contributed by atoms with Gasteiger partial charge in [0.25, 0.3) is 0 Å². The van der Waals surface area contributed by atoms with Crippen LogP contribution in [0.5, 0.6) is 0 Å². The molecule has 1 heterocycles. The van der Waals surface area contributed by atoms with Crippen LogP contribution in [-0.4, -0.2) is 61.1 Å². The summed E-state index contributed by atoms with van der Waals surface area (Å²) in [6, 6.07) is 0. The zero-order valence-electron chi connectivity index (χ0n) is 15.3. The Morgan fingerprint density at radius 1 is 1.17 bits per heavy atom. The highest BCUT2D eigenvalue weighted by Crippen LogP contribution is 2.47. The van der Waals surface area contributed by atoms with Gasteiger partial charge < -0.3 is 14.2 Å². The number of rotatable bonds is 4. The molecule has 1 aliphatic heterocycles. The summed E-state index contributed by atoms with van der Waals surface area (Å²) in [6.45, 7) is -3.28. The van der Waals surface area contributed by atoms with Crippen LogP contribution in [0, 0.1) is 5.92 Å². The average Bonchev–Trinajstić information content (AvgIpc) is 2.69. The minimum atomic E-state index is -6.09. The molecule has 0 radical (unpaired) electrons. The smallest absolute Gasteiger partial charge is 0.453 e. The summed E-state index contributed by atoms with van der Waals surface area (Å²) in [5.74, 6) is -12.5. The largest absolute Gasteiger partial charge is 0.465 e. The molecule has 7 nitrogen and oxygen atoms in total. The molecule has 2 bridgehead atoms. The molecule has 2 unspecified atom stereocenters. The van der Waals surface area contributed by atoms with Crippen molar-refractivity contribution < 1.29 is 58.3 Å². The predicted octanol–water partition coefficient (Wildman–Crippen LogP) is 2.91. The second-order valence-corrected chi connectivity index (χ2v) is 9.15. The topological polar surface area (TPSA) is 99.1 Å². The first kappa shape index (κ1) is 23.3. The lowest BCUT2D eigenvalue weighted by Gasteiger charge is -2.44. The molecule has 3 aliphatic rings. The Morgan fingerprint density at radius 2 is 1.73 bits per heavy atom. The predicted molar refractivity (Wildman–Crippen MR) is 85.6 cm³/mol. The highest BCUT2D eigenvalue weighted by Gasteiger charge is 2.60. The van der Waals surface area contributed by atoms with Crippen molar-refractivity contribution in [2.24, 2.45) is 5.92 Å². The number of carbonyl (C=O) groups excluding carboxylic acids is 1. The van der Waals surface area contributed by atoms with Crippen molar-refractivity contribution in [3.8, 4) is 0 Å². The van der Waals surface area contributed by atoms with Crippen LogP contribution in [0.1, 0.15) is 32.1 Å². The van der Waals surface area contributed by atoms with Crippen LogP contribution in [-0.2, 0) is 29.1 Å². The molecule has 1 saturated carbocycles. The highest BCUT2D eigenvalue weighted by atomic mass is 32.2. The van der Waals surface area contributed by atoms with Crippen LogP contribution >= 0.6 is 0 Å². The van der Waals surface area contributed by atoms with Crippen LogP contribution < -0.4 is 0 Å². The van der Waals surface area contributed by atoms with Crippen LogP contribution in [0.25, 0.3) is 0 Å². The molecular formula is C16H18F6O7S. The lowest BCUT2D eigenvalue weighted by atomic mass is 9.70. The van der Waals surface area contributed by atoms with E-state index in [4.69, 9.17) is 18.8 Å². The molecule has 0 amide bonds. The molecule has 1 N–H and O–H groups in total. The second kappa shape index (κ2) is 7.35. The maximum Gasteiger partial charge on any atom is 0.465 e. The Hall–Kier alpha value is -1.38. The van der Waals surface area contributed by atoms with Gasteiger partial charge in [-0.05, 0) is 25.7 Å². The third-order valence-electron chi connectivity index (χ3n) is 5.35. The quantitative estimate of drug-likeness (QED) is 0.293. The Balaban J connectivity index is 1.81. The van der Waals surface area contributed by atoms with Gasteiger partial charge in [0.05, 0.1) is 0 Å². The molecule has 0 aromatic carbocycles. The van der Waals surface area contributed by atoms with Gasteiger partial charge in [-0.1, -0.05) is 11.6 Å². The lowest BCUT2D eigenvalue weighted by molar-refractivity contribution is -0.222. The van der Waals surface area contributed by atoms with Gasteiger partial charge in [0.2, 0.25) is 0 Å². The zero-order chi connectivity index (χ0) is 22.6. The fourth-order valence-corrected chi connectivity index (χ4v) is 4.13. The molecular weight excluding hydrogens is 450 g/mol. The number of fused-ring (bicyclic) bond motifs is 2. The minimum Gasteiger partial charge on any atom is -0.453 e. The number of hydrogen-bond acceptors (Lipinski definition) is 6. The van der Waals surface area contributed by atoms with Crippen LogP contribution in [0.15, 0.2) is 11.6 Å². The van der Waals surface area contributed by atoms with Crippen molar-refractivity contribution in [2.75, 3.05) is 13.2 Å². The van der Waals surface area contributed by atoms with Crippen LogP contribution in [0.3, 0.4) is 0 Å². The zero-order valence-corrected chi connectivity index (χ0v) is 16.1. The Labute approximate surface area is 167 Å². The molecule has 3 rings (SSSR count). The summed E-state index contributed by atoms with van der Waals surface area (Å²) in [5, 5.41) is -5.21. The maximum absolute atomic E-state index is 13.6. The molecule has 30 heavy (non-hydrogen) atoms. The standard InChI is InChI=1S/C16H18F6O7S/c17-14(18)7-27-11(28-8-15(14,19)20)10-4-9-2-1-3-13(5-9,6-10)29-12(23)16(21,22)30(24,25)26/h4,10-11H,1-3,5-8H2,(H,24,25,26). The molecule has 0 spiro atoms. The molecule has 14 heteroatoms. The van der Waals surface area contributed by atoms with E-state index in [1.165, 1.54) is 6.08 Å². The van der Waals surface area contributed by atoms with E-state index in [9.17, 15) is 39.6 Å². The molecule has 172 valence electrons. The summed E-state index contributed by atoms with van der Waals surface area (Å²) >= 11 is 0. The summed E-state index contributed by atoms with van der Waals surface area (Å²) in [6.07, 6.45) is 0.403. The molecule has 2 atom stereocenters. The van der Waals surface area contributed by atoms with Gasteiger partial charge in [-0.25, -0.2) is 4.79 Å². The van der Waals surface area contributed by atoms with Crippen molar-refractivity contribution in [2.45, 2.75) is 61.1 Å². The fraction of sp³-hybridized carbons (Fsp3) is 0.812. The van der Waals surface area contributed by atoms with Crippen molar-refractivity contribution in [3.05, 3.63) is 11.6 Å². The molecule has 0 aromatic heterocycles. The monoisotopic (exact) mass is 468 g/mol. The minimum absolute atomic E-state index is 0.0210. The molecule has 1 saturated heterocycles. The van der Waals surface area contributed by atoms with Crippen LogP contribution in [0.4, 0.5) is 26.3 Å². The third-order valence-corrected chi connectivity index (χ3v) is 6.16. The highest BCUT2D eigenvalue weighted by molar-refractivity contribution is 7.87. The summed E-state index contributed by atoms with van der Waals surface area (Å²) < 4.78 is 126. The molecule has 0 aromatic rings. The summed E-state index contributed by atoms with van der Waals surface area (Å²) in [7, 11) is -6.09. The Morgan fingerprint density at radius 3 is 2.27 bits per heavy atom. The van der Waals surface area contributed by atoms with E-state index >= 15 is 0 Å².